The van der Waals surface area contributed by atoms with Gasteiger partial charge in [0, 0.05) is 11.7 Å². The number of nitrogens with one attached hydrogen (secondary N) is 3. The summed E-state index contributed by atoms with van der Waals surface area (Å²) in [5, 5.41) is 5.77. The maximum absolute atomic E-state index is 13.6. The first-order valence-electron chi connectivity index (χ1n) is 7.82. The van der Waals surface area contributed by atoms with Crippen molar-refractivity contribution in [1.82, 2.24) is 14.9 Å². The Morgan fingerprint density at radius 2 is 1.79 bits per heavy atom. The first kappa shape index (κ1) is 17.7. The van der Waals surface area contributed by atoms with Gasteiger partial charge in [0.2, 0.25) is 0 Å². The van der Waals surface area contributed by atoms with E-state index in [1.54, 1.807) is 22.8 Å². The van der Waals surface area contributed by atoms with Crippen LogP contribution >= 0.6 is 0 Å². The number of hydrogen-bond donors (Lipinski definition) is 3. The molecule has 0 aliphatic rings. The molecule has 3 rings (SSSR count). The summed E-state index contributed by atoms with van der Waals surface area (Å²) in [6.07, 6.45) is 0. The van der Waals surface area contributed by atoms with Crippen LogP contribution in [0.3, 0.4) is 0 Å². The van der Waals surface area contributed by atoms with E-state index in [1.165, 1.54) is 6.07 Å². The Bertz CT molecular complexity index is 867. The van der Waals surface area contributed by atoms with Gasteiger partial charge in [-0.05, 0) is 58.3 Å². The number of benzene rings is 2. The minimum atomic E-state index is -0.314. The fourth-order valence-corrected chi connectivity index (χ4v) is 2.44. The minimum Gasteiger partial charge on any atom is -0.353 e. The summed E-state index contributed by atoms with van der Waals surface area (Å²) in [5.74, 6) is -0.314. The van der Waals surface area contributed by atoms with Gasteiger partial charge < -0.3 is 15.6 Å². The van der Waals surface area contributed by atoms with Gasteiger partial charge >= 0.3 is 5.69 Å². The molecule has 3 aromatic rings. The lowest BCUT2D eigenvalue weighted by Gasteiger charge is -2.09. The van der Waals surface area contributed by atoms with E-state index in [-0.39, 0.29) is 17.5 Å². The number of fused-ring (bicyclic) bond motifs is 1. The number of para-hydroxylation sites is 1. The largest absolute Gasteiger partial charge is 0.353 e. The topological polar surface area (TPSA) is 61.9 Å². The van der Waals surface area contributed by atoms with Crippen LogP contribution < -0.4 is 16.3 Å². The van der Waals surface area contributed by atoms with Crippen molar-refractivity contribution < 1.29 is 4.39 Å². The van der Waals surface area contributed by atoms with Crippen LogP contribution in [0.4, 0.5) is 15.8 Å². The fourth-order valence-electron chi connectivity index (χ4n) is 2.44. The second-order valence-electron chi connectivity index (χ2n) is 5.73. The summed E-state index contributed by atoms with van der Waals surface area (Å²) in [4.78, 5) is 14.8. The Kier molecular flexibility index (Phi) is 5.76. The standard InChI is InChI=1S/C16H16FN3O.C2H7N/c1-10(2)20-15-8-7-11(9-14(15)19-16(20)21)18-13-6-4-3-5-12(13)17;1-3-2/h3-10,18H,1-2H3,(H,19,21);3H,1-2H3. The second-order valence-corrected chi connectivity index (χ2v) is 5.73. The Balaban J connectivity index is 0.000000647. The summed E-state index contributed by atoms with van der Waals surface area (Å²) < 4.78 is 15.3. The highest BCUT2D eigenvalue weighted by Crippen LogP contribution is 2.23. The van der Waals surface area contributed by atoms with Gasteiger partial charge in [0.25, 0.3) is 0 Å². The number of imidazole rings is 1. The molecular formula is C18H23FN4O. The van der Waals surface area contributed by atoms with Gasteiger partial charge in [-0.25, -0.2) is 9.18 Å². The van der Waals surface area contributed by atoms with Gasteiger partial charge in [-0.15, -0.1) is 0 Å². The van der Waals surface area contributed by atoms with Gasteiger partial charge in [0.1, 0.15) is 5.82 Å². The summed E-state index contributed by atoms with van der Waals surface area (Å²) in [6, 6.07) is 12.1. The predicted octanol–water partition coefficient (Wildman–Crippen LogP) is 3.63. The SMILES string of the molecule is CC(C)n1c(=O)[nH]c2cc(Nc3ccccc3F)ccc21.CNC. The van der Waals surface area contributed by atoms with Crippen molar-refractivity contribution in [2.24, 2.45) is 0 Å². The highest BCUT2D eigenvalue weighted by molar-refractivity contribution is 5.81. The Hall–Kier alpha value is -2.60. The summed E-state index contributed by atoms with van der Waals surface area (Å²) in [7, 11) is 3.75. The van der Waals surface area contributed by atoms with E-state index in [1.807, 2.05) is 46.1 Å². The van der Waals surface area contributed by atoms with E-state index in [0.717, 1.165) is 16.7 Å². The van der Waals surface area contributed by atoms with Crippen LogP contribution in [0.2, 0.25) is 0 Å². The first-order valence-corrected chi connectivity index (χ1v) is 7.82. The summed E-state index contributed by atoms with van der Waals surface area (Å²) in [6.45, 7) is 3.92. The Morgan fingerprint density at radius 1 is 1.12 bits per heavy atom. The third-order valence-electron chi connectivity index (χ3n) is 3.39. The van der Waals surface area contributed by atoms with Crippen molar-refractivity contribution >= 4 is 22.4 Å². The van der Waals surface area contributed by atoms with Crippen molar-refractivity contribution in [1.29, 1.82) is 0 Å². The maximum atomic E-state index is 13.6. The van der Waals surface area contributed by atoms with Crippen LogP contribution in [0.25, 0.3) is 11.0 Å². The third-order valence-corrected chi connectivity index (χ3v) is 3.39. The Morgan fingerprint density at radius 3 is 2.42 bits per heavy atom. The highest BCUT2D eigenvalue weighted by Gasteiger charge is 2.10. The molecule has 24 heavy (non-hydrogen) atoms. The quantitative estimate of drug-likeness (QED) is 0.687. The molecule has 0 aliphatic carbocycles. The van der Waals surface area contributed by atoms with Gasteiger partial charge in [0.05, 0.1) is 16.7 Å². The molecular weight excluding hydrogens is 307 g/mol. The van der Waals surface area contributed by atoms with E-state index in [4.69, 9.17) is 0 Å². The van der Waals surface area contributed by atoms with E-state index in [0.29, 0.717) is 5.69 Å². The fraction of sp³-hybridized carbons (Fsp3) is 0.278. The van der Waals surface area contributed by atoms with E-state index in [2.05, 4.69) is 15.6 Å². The van der Waals surface area contributed by atoms with E-state index in [9.17, 15) is 9.18 Å². The van der Waals surface area contributed by atoms with Crippen LogP contribution in [0.1, 0.15) is 19.9 Å². The van der Waals surface area contributed by atoms with Crippen molar-refractivity contribution in [2.75, 3.05) is 19.4 Å². The molecule has 0 atom stereocenters. The van der Waals surface area contributed by atoms with Crippen molar-refractivity contribution in [3.05, 3.63) is 58.8 Å². The van der Waals surface area contributed by atoms with Gasteiger partial charge in [-0.1, -0.05) is 12.1 Å². The van der Waals surface area contributed by atoms with Gasteiger partial charge in [-0.3, -0.25) is 4.57 Å². The molecule has 3 N–H and O–H groups in total. The molecule has 2 aromatic carbocycles. The number of anilines is 2. The number of nitrogens with zero attached hydrogens (tertiary/aromatic N) is 1. The van der Waals surface area contributed by atoms with Crippen molar-refractivity contribution in [3.63, 3.8) is 0 Å². The molecule has 0 saturated heterocycles. The number of halogens is 1. The molecule has 0 fully saturated rings. The number of rotatable bonds is 3. The summed E-state index contributed by atoms with van der Waals surface area (Å²) in [5.41, 5.74) is 2.57. The number of hydrogen-bond acceptors (Lipinski definition) is 3. The molecule has 0 bridgehead atoms. The monoisotopic (exact) mass is 330 g/mol. The van der Waals surface area contributed by atoms with Crippen LogP contribution in [0.5, 0.6) is 0 Å². The summed E-state index contributed by atoms with van der Waals surface area (Å²) >= 11 is 0. The van der Waals surface area contributed by atoms with Crippen molar-refractivity contribution in [2.45, 2.75) is 19.9 Å². The number of aromatic amines is 1. The molecule has 128 valence electrons. The molecule has 0 amide bonds. The molecule has 6 heteroatoms. The zero-order chi connectivity index (χ0) is 17.7. The average Bonchev–Trinajstić information content (AvgIpc) is 2.85. The number of H-pyrrole nitrogens is 1. The number of aromatic nitrogens is 2. The Labute approximate surface area is 140 Å². The lowest BCUT2D eigenvalue weighted by molar-refractivity contribution is 0.598. The van der Waals surface area contributed by atoms with Crippen LogP contribution in [-0.2, 0) is 0 Å². The molecule has 0 saturated carbocycles. The van der Waals surface area contributed by atoms with Gasteiger partial charge in [0.15, 0.2) is 0 Å². The first-order chi connectivity index (χ1) is 11.5. The maximum Gasteiger partial charge on any atom is 0.326 e. The molecule has 0 radical (unpaired) electrons. The molecule has 1 heterocycles. The normalized spacial score (nSPS) is 10.6. The lowest BCUT2D eigenvalue weighted by Crippen LogP contribution is -2.18. The van der Waals surface area contributed by atoms with Crippen molar-refractivity contribution in [3.8, 4) is 0 Å². The highest BCUT2D eigenvalue weighted by atomic mass is 19.1. The van der Waals surface area contributed by atoms with Gasteiger partial charge in [-0.2, -0.15) is 0 Å². The third kappa shape index (κ3) is 3.83. The smallest absolute Gasteiger partial charge is 0.326 e. The zero-order valence-electron chi connectivity index (χ0n) is 14.4. The zero-order valence-corrected chi connectivity index (χ0v) is 14.4. The minimum absolute atomic E-state index is 0.0802. The lowest BCUT2D eigenvalue weighted by atomic mass is 10.2. The van der Waals surface area contributed by atoms with Crippen LogP contribution in [0, 0.1) is 5.82 Å². The van der Waals surface area contributed by atoms with Crippen LogP contribution in [-0.4, -0.2) is 23.6 Å². The average molecular weight is 330 g/mol. The predicted molar refractivity (Wildman–Crippen MR) is 97.6 cm³/mol. The molecule has 0 spiro atoms. The van der Waals surface area contributed by atoms with Crippen LogP contribution in [0.15, 0.2) is 47.3 Å². The van der Waals surface area contributed by atoms with E-state index >= 15 is 0 Å². The molecule has 0 aliphatic heterocycles. The molecule has 0 unspecified atom stereocenters. The molecule has 5 nitrogen and oxygen atoms in total. The molecule has 1 aromatic heterocycles. The second kappa shape index (κ2) is 7.79. The van der Waals surface area contributed by atoms with E-state index < -0.39 is 0 Å².